The highest BCUT2D eigenvalue weighted by atomic mass is 79.9. The number of hydrogen-bond donors (Lipinski definition) is 2. The summed E-state index contributed by atoms with van der Waals surface area (Å²) in [5.41, 5.74) is -1.40. The predicted octanol–water partition coefficient (Wildman–Crippen LogP) is 2.19. The Morgan fingerprint density at radius 1 is 1.60 bits per heavy atom. The molecule has 20 heavy (non-hydrogen) atoms. The smallest absolute Gasteiger partial charge is 0.327 e. The largest absolute Gasteiger partial charge is 0.490 e. The van der Waals surface area contributed by atoms with Crippen molar-refractivity contribution in [3.05, 3.63) is 32.8 Å². The van der Waals surface area contributed by atoms with Gasteiger partial charge in [0.05, 0.1) is 4.92 Å². The standard InChI is InChI=1S/C12H15BrN2O5/c1-3-14-12(2,11(16)17)7-20-9-6-4-5-8(10(9)13)15(18)19/h4-6,14H,3,7H2,1-2H3,(H,16,17). The molecule has 1 unspecified atom stereocenters. The van der Waals surface area contributed by atoms with Crippen LogP contribution in [0.5, 0.6) is 5.75 Å². The molecule has 0 aliphatic carbocycles. The lowest BCUT2D eigenvalue weighted by atomic mass is 10.0. The summed E-state index contributed by atoms with van der Waals surface area (Å²) in [5, 5.41) is 22.8. The Labute approximate surface area is 124 Å². The maximum Gasteiger partial charge on any atom is 0.327 e. The van der Waals surface area contributed by atoms with E-state index in [0.717, 1.165) is 0 Å². The molecule has 0 spiro atoms. The molecule has 0 bridgehead atoms. The summed E-state index contributed by atoms with van der Waals surface area (Å²) in [5.74, 6) is -0.828. The highest BCUT2D eigenvalue weighted by Gasteiger charge is 2.33. The van der Waals surface area contributed by atoms with Gasteiger partial charge in [-0.3, -0.25) is 20.2 Å². The van der Waals surface area contributed by atoms with Gasteiger partial charge in [-0.2, -0.15) is 0 Å². The van der Waals surface area contributed by atoms with E-state index in [1.54, 1.807) is 6.92 Å². The number of nitrogens with zero attached hydrogens (tertiary/aromatic N) is 1. The van der Waals surface area contributed by atoms with Crippen LogP contribution in [-0.4, -0.2) is 34.7 Å². The monoisotopic (exact) mass is 346 g/mol. The normalized spacial score (nSPS) is 13.6. The van der Waals surface area contributed by atoms with E-state index in [1.807, 2.05) is 0 Å². The Hall–Kier alpha value is -1.67. The zero-order chi connectivity index (χ0) is 15.3. The van der Waals surface area contributed by atoms with E-state index in [2.05, 4.69) is 21.2 Å². The first-order chi connectivity index (χ1) is 9.31. The van der Waals surface area contributed by atoms with Crippen LogP contribution in [0.4, 0.5) is 5.69 Å². The van der Waals surface area contributed by atoms with Crippen LogP contribution < -0.4 is 10.1 Å². The average Bonchev–Trinajstić information content (AvgIpc) is 2.37. The fourth-order valence-corrected chi connectivity index (χ4v) is 2.08. The molecule has 0 aliphatic heterocycles. The molecule has 1 aromatic carbocycles. The maximum absolute atomic E-state index is 11.2. The van der Waals surface area contributed by atoms with Gasteiger partial charge in [-0.15, -0.1) is 0 Å². The lowest BCUT2D eigenvalue weighted by Gasteiger charge is -2.25. The first kappa shape index (κ1) is 16.4. The highest BCUT2D eigenvalue weighted by molar-refractivity contribution is 9.10. The number of nitrogens with one attached hydrogen (secondary N) is 1. The Balaban J connectivity index is 2.92. The molecule has 110 valence electrons. The van der Waals surface area contributed by atoms with Crippen molar-refractivity contribution < 1.29 is 19.6 Å². The minimum absolute atomic E-state index is 0.136. The molecule has 0 fully saturated rings. The molecule has 0 aromatic heterocycles. The Kier molecular flexibility index (Phi) is 5.46. The van der Waals surface area contributed by atoms with Crippen LogP contribution in [0.1, 0.15) is 13.8 Å². The van der Waals surface area contributed by atoms with E-state index in [-0.39, 0.29) is 22.5 Å². The highest BCUT2D eigenvalue weighted by Crippen LogP contribution is 2.34. The summed E-state index contributed by atoms with van der Waals surface area (Å²) in [6.45, 7) is 3.58. The van der Waals surface area contributed by atoms with Gasteiger partial charge in [-0.1, -0.05) is 13.0 Å². The van der Waals surface area contributed by atoms with Crippen molar-refractivity contribution >= 4 is 27.6 Å². The van der Waals surface area contributed by atoms with Gasteiger partial charge in [0, 0.05) is 6.07 Å². The van der Waals surface area contributed by atoms with Crippen LogP contribution in [0.25, 0.3) is 0 Å². The van der Waals surface area contributed by atoms with Crippen molar-refractivity contribution in [2.75, 3.05) is 13.2 Å². The molecule has 0 heterocycles. The van der Waals surface area contributed by atoms with E-state index in [0.29, 0.717) is 6.54 Å². The van der Waals surface area contributed by atoms with Crippen molar-refractivity contribution in [1.82, 2.24) is 5.32 Å². The fraction of sp³-hybridized carbons (Fsp3) is 0.417. The summed E-state index contributed by atoms with van der Waals surface area (Å²) in [4.78, 5) is 21.5. The predicted molar refractivity (Wildman–Crippen MR) is 76.0 cm³/mol. The number of likely N-dealkylation sites (N-methyl/N-ethyl adjacent to an activating group) is 1. The van der Waals surface area contributed by atoms with Crippen molar-refractivity contribution in [3.63, 3.8) is 0 Å². The zero-order valence-electron chi connectivity index (χ0n) is 11.1. The van der Waals surface area contributed by atoms with Crippen molar-refractivity contribution in [2.24, 2.45) is 0 Å². The number of carboxylic acids is 1. The number of aliphatic carboxylic acids is 1. The molecule has 1 aromatic rings. The van der Waals surface area contributed by atoms with E-state index in [1.165, 1.54) is 25.1 Å². The van der Waals surface area contributed by atoms with E-state index in [4.69, 9.17) is 4.74 Å². The zero-order valence-corrected chi connectivity index (χ0v) is 12.6. The third-order valence-corrected chi connectivity index (χ3v) is 3.49. The lowest BCUT2D eigenvalue weighted by Crippen LogP contribution is -2.53. The Morgan fingerprint density at radius 2 is 2.25 bits per heavy atom. The molecule has 0 amide bonds. The number of carbonyl (C=O) groups is 1. The Morgan fingerprint density at radius 3 is 2.75 bits per heavy atom. The van der Waals surface area contributed by atoms with Crippen molar-refractivity contribution in [1.29, 1.82) is 0 Å². The van der Waals surface area contributed by atoms with Gasteiger partial charge in [0.15, 0.2) is 0 Å². The third kappa shape index (κ3) is 3.67. The second kappa shape index (κ2) is 6.67. The maximum atomic E-state index is 11.2. The van der Waals surface area contributed by atoms with E-state index < -0.39 is 16.4 Å². The average molecular weight is 347 g/mol. The number of hydrogen-bond acceptors (Lipinski definition) is 5. The quantitative estimate of drug-likeness (QED) is 0.579. The Bertz CT molecular complexity index is 523. The van der Waals surface area contributed by atoms with Crippen LogP contribution in [0.3, 0.4) is 0 Å². The van der Waals surface area contributed by atoms with Gasteiger partial charge in [0.2, 0.25) is 0 Å². The van der Waals surface area contributed by atoms with E-state index >= 15 is 0 Å². The molecule has 0 aliphatic rings. The summed E-state index contributed by atoms with van der Waals surface area (Å²) in [6, 6.07) is 4.34. The summed E-state index contributed by atoms with van der Waals surface area (Å²) in [6.07, 6.45) is 0. The number of benzene rings is 1. The minimum atomic E-state index is -1.27. The number of halogens is 1. The number of ether oxygens (including phenoxy) is 1. The van der Waals surface area contributed by atoms with Crippen LogP contribution in [-0.2, 0) is 4.79 Å². The molecule has 8 heteroatoms. The molecule has 1 rings (SSSR count). The molecule has 1 atom stereocenters. The van der Waals surface area contributed by atoms with Crippen LogP contribution >= 0.6 is 15.9 Å². The number of nitro groups is 1. The lowest BCUT2D eigenvalue weighted by molar-refractivity contribution is -0.385. The number of rotatable bonds is 7. The topological polar surface area (TPSA) is 102 Å². The molecule has 2 N–H and O–H groups in total. The minimum Gasteiger partial charge on any atom is -0.490 e. The number of carboxylic acid groups (broad SMARTS) is 1. The van der Waals surface area contributed by atoms with E-state index in [9.17, 15) is 20.0 Å². The fourth-order valence-electron chi connectivity index (χ4n) is 1.55. The first-order valence-corrected chi connectivity index (χ1v) is 6.65. The van der Waals surface area contributed by atoms with Crippen molar-refractivity contribution in [3.8, 4) is 5.75 Å². The number of nitro benzene ring substituents is 1. The van der Waals surface area contributed by atoms with Gasteiger partial charge >= 0.3 is 5.97 Å². The SMILES string of the molecule is CCNC(C)(COc1cccc([N+](=O)[O-])c1Br)C(=O)O. The summed E-state index contributed by atoms with van der Waals surface area (Å²) >= 11 is 3.09. The van der Waals surface area contributed by atoms with Gasteiger partial charge in [-0.05, 0) is 35.5 Å². The molecule has 0 radical (unpaired) electrons. The van der Waals surface area contributed by atoms with Crippen LogP contribution in [0.15, 0.2) is 22.7 Å². The molecular weight excluding hydrogens is 332 g/mol. The summed E-state index contributed by atoms with van der Waals surface area (Å²) < 4.78 is 5.60. The summed E-state index contributed by atoms with van der Waals surface area (Å²) in [7, 11) is 0. The second-order valence-corrected chi connectivity index (χ2v) is 5.10. The first-order valence-electron chi connectivity index (χ1n) is 5.86. The van der Waals surface area contributed by atoms with Gasteiger partial charge in [0.1, 0.15) is 22.4 Å². The second-order valence-electron chi connectivity index (χ2n) is 4.30. The van der Waals surface area contributed by atoms with Gasteiger partial charge < -0.3 is 9.84 Å². The van der Waals surface area contributed by atoms with Gasteiger partial charge in [-0.25, -0.2) is 0 Å². The molecule has 0 saturated heterocycles. The molecule has 7 nitrogen and oxygen atoms in total. The third-order valence-electron chi connectivity index (χ3n) is 2.69. The van der Waals surface area contributed by atoms with Crippen LogP contribution in [0.2, 0.25) is 0 Å². The van der Waals surface area contributed by atoms with Crippen LogP contribution in [0, 0.1) is 10.1 Å². The molecule has 0 saturated carbocycles. The molecular formula is C12H15BrN2O5. The van der Waals surface area contributed by atoms with Crippen molar-refractivity contribution in [2.45, 2.75) is 19.4 Å². The van der Waals surface area contributed by atoms with Gasteiger partial charge in [0.25, 0.3) is 5.69 Å².